The van der Waals surface area contributed by atoms with Crippen molar-refractivity contribution in [3.8, 4) is 5.75 Å². The van der Waals surface area contributed by atoms with Crippen LogP contribution in [0.15, 0.2) is 57.7 Å². The van der Waals surface area contributed by atoms with Gasteiger partial charge in [-0.2, -0.15) is 0 Å². The number of para-hydroxylation sites is 1. The summed E-state index contributed by atoms with van der Waals surface area (Å²) in [6.07, 6.45) is 0. The average Bonchev–Trinajstić information content (AvgIpc) is 2.57. The molecule has 0 saturated carbocycles. The smallest absolute Gasteiger partial charge is 0.349 e. The third-order valence-corrected chi connectivity index (χ3v) is 3.72. The van der Waals surface area contributed by atoms with Crippen LogP contribution in [0.25, 0.3) is 11.0 Å². The molecular weight excluding hydrogens is 306 g/mol. The molecule has 5 heteroatoms. The predicted octanol–water partition coefficient (Wildman–Crippen LogP) is 3.75. The second-order valence-corrected chi connectivity index (χ2v) is 5.30. The van der Waals surface area contributed by atoms with E-state index in [-0.39, 0.29) is 5.56 Å². The van der Waals surface area contributed by atoms with Crippen molar-refractivity contribution < 1.29 is 13.9 Å². The number of anilines is 1. The van der Waals surface area contributed by atoms with Crippen LogP contribution < -0.4 is 15.7 Å². The number of amides is 1. The molecule has 0 saturated heterocycles. The van der Waals surface area contributed by atoms with E-state index in [9.17, 15) is 9.59 Å². The molecule has 0 aliphatic rings. The Labute approximate surface area is 138 Å². The van der Waals surface area contributed by atoms with Crippen LogP contribution in [0.2, 0.25) is 0 Å². The van der Waals surface area contributed by atoms with Crippen LogP contribution >= 0.6 is 0 Å². The third kappa shape index (κ3) is 3.01. The van der Waals surface area contributed by atoms with Gasteiger partial charge in [-0.05, 0) is 49.7 Å². The van der Waals surface area contributed by atoms with Gasteiger partial charge in [0.2, 0.25) is 0 Å². The molecule has 122 valence electrons. The molecular formula is C19H17NO4. The van der Waals surface area contributed by atoms with Crippen LogP contribution in [0.5, 0.6) is 5.75 Å². The summed E-state index contributed by atoms with van der Waals surface area (Å²) in [6.45, 7) is 4.22. The normalized spacial score (nSPS) is 10.6. The topological polar surface area (TPSA) is 68.5 Å². The molecule has 1 heterocycles. The minimum atomic E-state index is -0.644. The zero-order valence-electron chi connectivity index (χ0n) is 13.5. The van der Waals surface area contributed by atoms with E-state index in [0.717, 1.165) is 11.1 Å². The van der Waals surface area contributed by atoms with Crippen molar-refractivity contribution in [2.24, 2.45) is 0 Å². The van der Waals surface area contributed by atoms with Gasteiger partial charge in [0.15, 0.2) is 0 Å². The van der Waals surface area contributed by atoms with Gasteiger partial charge in [0, 0.05) is 11.1 Å². The number of ether oxygens (including phenoxy) is 1. The predicted molar refractivity (Wildman–Crippen MR) is 92.8 cm³/mol. The number of nitrogens with one attached hydrogen (secondary N) is 1. The highest BCUT2D eigenvalue weighted by Crippen LogP contribution is 2.20. The van der Waals surface area contributed by atoms with E-state index in [1.807, 2.05) is 19.1 Å². The molecule has 3 aromatic rings. The summed E-state index contributed by atoms with van der Waals surface area (Å²) in [7, 11) is 0. The first kappa shape index (κ1) is 15.8. The molecule has 1 N–H and O–H groups in total. The second kappa shape index (κ2) is 6.58. The summed E-state index contributed by atoms with van der Waals surface area (Å²) in [6, 6.07) is 14.1. The zero-order chi connectivity index (χ0) is 17.1. The first-order chi connectivity index (χ1) is 11.6. The third-order valence-electron chi connectivity index (χ3n) is 3.72. The monoisotopic (exact) mass is 323 g/mol. The number of benzene rings is 2. The van der Waals surface area contributed by atoms with Gasteiger partial charge in [-0.3, -0.25) is 4.79 Å². The van der Waals surface area contributed by atoms with Crippen molar-refractivity contribution in [2.45, 2.75) is 13.8 Å². The summed E-state index contributed by atoms with van der Waals surface area (Å²) >= 11 is 0. The molecule has 0 bridgehead atoms. The van der Waals surface area contributed by atoms with E-state index in [1.165, 1.54) is 0 Å². The van der Waals surface area contributed by atoms with E-state index in [2.05, 4.69) is 5.32 Å². The van der Waals surface area contributed by atoms with Crippen LogP contribution in [-0.2, 0) is 0 Å². The molecule has 0 aliphatic carbocycles. The van der Waals surface area contributed by atoms with Crippen molar-refractivity contribution in [1.82, 2.24) is 0 Å². The first-order valence-corrected chi connectivity index (χ1v) is 7.67. The lowest BCUT2D eigenvalue weighted by atomic mass is 10.1. The summed E-state index contributed by atoms with van der Waals surface area (Å²) in [5.74, 6) is 0.230. The highest BCUT2D eigenvalue weighted by Gasteiger charge is 2.18. The summed E-state index contributed by atoms with van der Waals surface area (Å²) in [5.41, 5.74) is 1.02. The lowest BCUT2D eigenvalue weighted by molar-refractivity contribution is 0.102. The first-order valence-electron chi connectivity index (χ1n) is 7.67. The SMILES string of the molecule is CCOc1ccc(NC(=O)c2c(C)c3ccccc3oc2=O)cc1. The van der Waals surface area contributed by atoms with Crippen molar-refractivity contribution in [1.29, 1.82) is 0 Å². The highest BCUT2D eigenvalue weighted by molar-refractivity contribution is 6.07. The Bertz CT molecular complexity index is 942. The number of fused-ring (bicyclic) bond motifs is 1. The van der Waals surface area contributed by atoms with Gasteiger partial charge in [-0.25, -0.2) is 4.79 Å². The molecule has 3 rings (SSSR count). The Balaban J connectivity index is 1.92. The average molecular weight is 323 g/mol. The fourth-order valence-electron chi connectivity index (χ4n) is 2.56. The molecule has 0 aliphatic heterocycles. The lowest BCUT2D eigenvalue weighted by Gasteiger charge is -2.09. The Morgan fingerprint density at radius 1 is 1.12 bits per heavy atom. The van der Waals surface area contributed by atoms with Gasteiger partial charge < -0.3 is 14.5 Å². The molecule has 0 radical (unpaired) electrons. The lowest BCUT2D eigenvalue weighted by Crippen LogP contribution is -2.22. The summed E-state index contributed by atoms with van der Waals surface area (Å²) < 4.78 is 10.6. The van der Waals surface area contributed by atoms with Crippen molar-refractivity contribution in [2.75, 3.05) is 11.9 Å². The molecule has 1 aromatic heterocycles. The van der Waals surface area contributed by atoms with E-state index < -0.39 is 11.5 Å². The van der Waals surface area contributed by atoms with Crippen molar-refractivity contribution >= 4 is 22.6 Å². The number of hydrogen-bond acceptors (Lipinski definition) is 4. The van der Waals surface area contributed by atoms with Crippen molar-refractivity contribution in [3.05, 3.63) is 70.1 Å². The maximum atomic E-state index is 12.5. The maximum absolute atomic E-state index is 12.5. The van der Waals surface area contributed by atoms with Gasteiger partial charge in [-0.1, -0.05) is 18.2 Å². The fraction of sp³-hybridized carbons (Fsp3) is 0.158. The largest absolute Gasteiger partial charge is 0.494 e. The number of aryl methyl sites for hydroxylation is 1. The standard InChI is InChI=1S/C19H17NO4/c1-3-23-14-10-8-13(9-11-14)20-18(21)17-12(2)15-6-4-5-7-16(15)24-19(17)22/h4-11H,3H2,1-2H3,(H,20,21). The van der Waals surface area contributed by atoms with E-state index in [4.69, 9.17) is 9.15 Å². The van der Waals surface area contributed by atoms with Crippen LogP contribution in [0, 0.1) is 6.92 Å². The van der Waals surface area contributed by atoms with E-state index in [1.54, 1.807) is 43.3 Å². The number of hydrogen-bond donors (Lipinski definition) is 1. The molecule has 0 spiro atoms. The second-order valence-electron chi connectivity index (χ2n) is 5.30. The van der Waals surface area contributed by atoms with Gasteiger partial charge in [0.1, 0.15) is 16.9 Å². The minimum Gasteiger partial charge on any atom is -0.494 e. The van der Waals surface area contributed by atoms with Gasteiger partial charge in [0.05, 0.1) is 6.61 Å². The fourth-order valence-corrected chi connectivity index (χ4v) is 2.56. The van der Waals surface area contributed by atoms with Crippen LogP contribution in [0.4, 0.5) is 5.69 Å². The van der Waals surface area contributed by atoms with Gasteiger partial charge in [0.25, 0.3) is 5.91 Å². The Morgan fingerprint density at radius 2 is 1.83 bits per heavy atom. The number of carbonyl (C=O) groups is 1. The molecule has 0 unspecified atom stereocenters. The molecule has 0 atom stereocenters. The van der Waals surface area contributed by atoms with E-state index >= 15 is 0 Å². The molecule has 24 heavy (non-hydrogen) atoms. The molecule has 0 fully saturated rings. The summed E-state index contributed by atoms with van der Waals surface area (Å²) in [5, 5.41) is 3.46. The highest BCUT2D eigenvalue weighted by atomic mass is 16.5. The van der Waals surface area contributed by atoms with Crippen LogP contribution in [-0.4, -0.2) is 12.5 Å². The number of rotatable bonds is 4. The van der Waals surface area contributed by atoms with Crippen molar-refractivity contribution in [3.63, 3.8) is 0 Å². The molecule has 2 aromatic carbocycles. The van der Waals surface area contributed by atoms with Crippen LogP contribution in [0.1, 0.15) is 22.8 Å². The van der Waals surface area contributed by atoms with E-state index in [0.29, 0.717) is 23.4 Å². The zero-order valence-corrected chi connectivity index (χ0v) is 13.5. The summed E-state index contributed by atoms with van der Waals surface area (Å²) in [4.78, 5) is 24.7. The minimum absolute atomic E-state index is 0.0163. The molecule has 5 nitrogen and oxygen atoms in total. The maximum Gasteiger partial charge on any atom is 0.349 e. The Morgan fingerprint density at radius 3 is 2.54 bits per heavy atom. The Kier molecular flexibility index (Phi) is 4.33. The van der Waals surface area contributed by atoms with Gasteiger partial charge >= 0.3 is 5.63 Å². The number of carbonyl (C=O) groups excluding carboxylic acids is 1. The Hall–Kier alpha value is -3.08. The van der Waals surface area contributed by atoms with Crippen LogP contribution in [0.3, 0.4) is 0 Å². The quantitative estimate of drug-likeness (QED) is 0.742. The van der Waals surface area contributed by atoms with Gasteiger partial charge in [-0.15, -0.1) is 0 Å². The molecule has 1 amide bonds.